The molecule has 0 saturated carbocycles. The van der Waals surface area contributed by atoms with Crippen LogP contribution in [-0.4, -0.2) is 6.98 Å². The Bertz CT molecular complexity index is 604. The quantitative estimate of drug-likeness (QED) is 0.598. The summed E-state index contributed by atoms with van der Waals surface area (Å²) in [5, 5.41) is 0.513. The molecule has 0 amide bonds. The number of hydrogen-bond donors (Lipinski definition) is 0. The molecule has 0 atom stereocenters. The SMILES string of the molecule is Fc1ccc([B-](F)(F)F)c(OCc2ccc(Cl)cc2)c1.[K+]. The molecule has 8 heteroatoms. The van der Waals surface area contributed by atoms with Crippen molar-refractivity contribution in [1.29, 1.82) is 0 Å². The largest absolute Gasteiger partial charge is 1.00 e. The third kappa shape index (κ3) is 5.58. The summed E-state index contributed by atoms with van der Waals surface area (Å²) in [7, 11) is 0. The van der Waals surface area contributed by atoms with E-state index < -0.39 is 24.0 Å². The third-order valence-corrected chi connectivity index (χ3v) is 2.89. The van der Waals surface area contributed by atoms with E-state index in [-0.39, 0.29) is 58.0 Å². The molecule has 0 heterocycles. The standard InChI is InChI=1S/C13H9BClF4O.K/c15-10-3-1-9(2-4-10)8-20-13-7-11(16)5-6-12(13)14(17,18)19;/h1-7H,8H2;/q-1;+1. The van der Waals surface area contributed by atoms with Gasteiger partial charge < -0.3 is 17.7 Å². The Morgan fingerprint density at radius 3 is 2.19 bits per heavy atom. The summed E-state index contributed by atoms with van der Waals surface area (Å²) in [4.78, 5) is 0. The average Bonchev–Trinajstić information content (AvgIpc) is 2.36. The van der Waals surface area contributed by atoms with Crippen LogP contribution in [0.5, 0.6) is 5.75 Å². The maximum Gasteiger partial charge on any atom is 1.00 e. The van der Waals surface area contributed by atoms with Crippen molar-refractivity contribution < 1.29 is 73.5 Å². The molecule has 0 saturated heterocycles. The molecule has 0 aliphatic carbocycles. The summed E-state index contributed by atoms with van der Waals surface area (Å²) in [6, 6.07) is 8.63. The zero-order valence-corrected chi connectivity index (χ0v) is 15.0. The molecule has 0 spiro atoms. The van der Waals surface area contributed by atoms with Crippen LogP contribution in [-0.2, 0) is 6.61 Å². The predicted molar refractivity (Wildman–Crippen MR) is 70.9 cm³/mol. The molecular weight excluding hydrogens is 333 g/mol. The minimum Gasteiger partial charge on any atom is -0.492 e. The van der Waals surface area contributed by atoms with Gasteiger partial charge >= 0.3 is 58.4 Å². The second kappa shape index (κ2) is 7.99. The van der Waals surface area contributed by atoms with Crippen LogP contribution in [0, 0.1) is 5.82 Å². The molecule has 0 radical (unpaired) electrons. The van der Waals surface area contributed by atoms with Crippen LogP contribution in [0.1, 0.15) is 5.56 Å². The van der Waals surface area contributed by atoms with E-state index in [0.717, 1.165) is 12.1 Å². The van der Waals surface area contributed by atoms with Gasteiger partial charge in [-0.05, 0) is 23.8 Å². The number of halogens is 5. The fourth-order valence-electron chi connectivity index (χ4n) is 1.65. The molecule has 21 heavy (non-hydrogen) atoms. The van der Waals surface area contributed by atoms with Gasteiger partial charge in [0.15, 0.2) is 0 Å². The number of benzene rings is 2. The van der Waals surface area contributed by atoms with E-state index >= 15 is 0 Å². The van der Waals surface area contributed by atoms with Crippen LogP contribution in [0.3, 0.4) is 0 Å². The minimum absolute atomic E-state index is 0. The Morgan fingerprint density at radius 1 is 1.00 bits per heavy atom. The molecular formula is C13H9BClF4KO. The Kier molecular flexibility index (Phi) is 7.23. The monoisotopic (exact) mass is 342 g/mol. The van der Waals surface area contributed by atoms with Crippen molar-refractivity contribution in [3.05, 3.63) is 58.9 Å². The van der Waals surface area contributed by atoms with Gasteiger partial charge in [-0.25, -0.2) is 4.39 Å². The third-order valence-electron chi connectivity index (χ3n) is 2.64. The van der Waals surface area contributed by atoms with Gasteiger partial charge in [0.1, 0.15) is 12.4 Å². The van der Waals surface area contributed by atoms with Crippen LogP contribution in [0.2, 0.25) is 5.02 Å². The summed E-state index contributed by atoms with van der Waals surface area (Å²) in [5.74, 6) is -1.28. The number of rotatable bonds is 4. The summed E-state index contributed by atoms with van der Waals surface area (Å²) >= 11 is 5.70. The molecule has 106 valence electrons. The second-order valence-electron chi connectivity index (χ2n) is 4.17. The minimum atomic E-state index is -5.25. The first-order valence-electron chi connectivity index (χ1n) is 5.73. The molecule has 0 fully saturated rings. The van der Waals surface area contributed by atoms with Crippen molar-refractivity contribution >= 4 is 24.0 Å². The zero-order valence-electron chi connectivity index (χ0n) is 11.1. The van der Waals surface area contributed by atoms with Crippen molar-refractivity contribution in [2.24, 2.45) is 0 Å². The molecule has 1 nitrogen and oxygen atoms in total. The summed E-state index contributed by atoms with van der Waals surface area (Å²) in [6.45, 7) is -5.35. The van der Waals surface area contributed by atoms with Gasteiger partial charge in [-0.2, -0.15) is 0 Å². The van der Waals surface area contributed by atoms with Crippen LogP contribution >= 0.6 is 11.6 Å². The maximum absolute atomic E-state index is 13.1. The van der Waals surface area contributed by atoms with Gasteiger partial charge in [-0.3, -0.25) is 0 Å². The van der Waals surface area contributed by atoms with E-state index in [2.05, 4.69) is 0 Å². The van der Waals surface area contributed by atoms with E-state index in [9.17, 15) is 17.3 Å². The van der Waals surface area contributed by atoms with E-state index in [1.54, 1.807) is 24.3 Å². The van der Waals surface area contributed by atoms with Gasteiger partial charge in [-0.1, -0.05) is 35.3 Å². The van der Waals surface area contributed by atoms with E-state index in [0.29, 0.717) is 16.7 Å². The molecule has 0 aliphatic heterocycles. The van der Waals surface area contributed by atoms with Gasteiger partial charge in [0.25, 0.3) is 0 Å². The first-order valence-corrected chi connectivity index (χ1v) is 6.11. The molecule has 0 unspecified atom stereocenters. The summed E-state index contributed by atoms with van der Waals surface area (Å²) in [6.07, 6.45) is 0. The first-order chi connectivity index (χ1) is 9.36. The van der Waals surface area contributed by atoms with Gasteiger partial charge in [0.2, 0.25) is 0 Å². The van der Waals surface area contributed by atoms with Gasteiger partial charge in [-0.15, -0.1) is 0 Å². The van der Waals surface area contributed by atoms with Crippen molar-refractivity contribution in [3.8, 4) is 5.75 Å². The van der Waals surface area contributed by atoms with Gasteiger partial charge in [0, 0.05) is 11.1 Å². The van der Waals surface area contributed by atoms with Crippen LogP contribution in [0.4, 0.5) is 17.3 Å². The van der Waals surface area contributed by atoms with Crippen molar-refractivity contribution in [2.75, 3.05) is 0 Å². The normalized spacial score (nSPS) is 10.9. The van der Waals surface area contributed by atoms with Crippen molar-refractivity contribution in [2.45, 2.75) is 6.61 Å². The molecule has 0 N–H and O–H groups in total. The zero-order chi connectivity index (χ0) is 14.8. The second-order valence-corrected chi connectivity index (χ2v) is 4.61. The molecule has 0 aliphatic rings. The average molecular weight is 343 g/mol. The van der Waals surface area contributed by atoms with E-state index in [4.69, 9.17) is 16.3 Å². The number of hydrogen-bond acceptors (Lipinski definition) is 1. The Balaban J connectivity index is 0.00000220. The summed E-state index contributed by atoms with van der Waals surface area (Å²) in [5.41, 5.74) is -0.306. The van der Waals surface area contributed by atoms with Gasteiger partial charge in [0.05, 0.1) is 5.75 Å². The fraction of sp³-hybridized carbons (Fsp3) is 0.0769. The van der Waals surface area contributed by atoms with E-state index in [1.165, 1.54) is 0 Å². The van der Waals surface area contributed by atoms with Crippen LogP contribution in [0.15, 0.2) is 42.5 Å². The van der Waals surface area contributed by atoms with Crippen molar-refractivity contribution in [1.82, 2.24) is 0 Å². The van der Waals surface area contributed by atoms with Crippen LogP contribution < -0.4 is 61.6 Å². The van der Waals surface area contributed by atoms with Crippen molar-refractivity contribution in [3.63, 3.8) is 0 Å². The maximum atomic E-state index is 13.1. The molecule has 2 rings (SSSR count). The van der Waals surface area contributed by atoms with E-state index in [1.807, 2.05) is 0 Å². The van der Waals surface area contributed by atoms with Crippen LogP contribution in [0.25, 0.3) is 0 Å². The number of ether oxygens (including phenoxy) is 1. The molecule has 0 bridgehead atoms. The first kappa shape index (κ1) is 19.0. The molecule has 0 aromatic heterocycles. The Morgan fingerprint density at radius 2 is 1.62 bits per heavy atom. The Labute approximate surface area is 167 Å². The smallest absolute Gasteiger partial charge is 0.492 e. The Hall–Kier alpha value is -0.0487. The molecule has 2 aromatic carbocycles. The topological polar surface area (TPSA) is 9.23 Å². The predicted octanol–water partition coefficient (Wildman–Crippen LogP) is 1.12. The fourth-order valence-corrected chi connectivity index (χ4v) is 1.77. The molecule has 2 aromatic rings. The summed E-state index contributed by atoms with van der Waals surface area (Å²) < 4.78 is 56.5.